The van der Waals surface area contributed by atoms with Gasteiger partial charge in [0, 0.05) is 17.6 Å². The Kier molecular flexibility index (Phi) is 5.60. The van der Waals surface area contributed by atoms with Crippen molar-refractivity contribution < 1.29 is 4.74 Å². The molecule has 0 aliphatic carbocycles. The highest BCUT2D eigenvalue weighted by molar-refractivity contribution is 9.10. The van der Waals surface area contributed by atoms with E-state index in [1.165, 1.54) is 4.70 Å². The summed E-state index contributed by atoms with van der Waals surface area (Å²) in [5.41, 5.74) is 1.05. The van der Waals surface area contributed by atoms with E-state index in [-0.39, 0.29) is 0 Å². The van der Waals surface area contributed by atoms with Crippen LogP contribution in [0.5, 0.6) is 0 Å². The van der Waals surface area contributed by atoms with Crippen molar-refractivity contribution >= 4 is 42.6 Å². The second kappa shape index (κ2) is 7.22. The number of unbranched alkanes of at least 4 members (excludes halogenated alkanes) is 1. The van der Waals surface area contributed by atoms with Crippen LogP contribution < -0.4 is 5.32 Å². The summed E-state index contributed by atoms with van der Waals surface area (Å²) in [7, 11) is 0. The Bertz CT molecular complexity index is 527. The number of rotatable bonds is 7. The summed E-state index contributed by atoms with van der Waals surface area (Å²) < 4.78 is 7.80. The molecule has 1 heterocycles. The van der Waals surface area contributed by atoms with Crippen LogP contribution in [0.15, 0.2) is 22.7 Å². The van der Waals surface area contributed by atoms with Gasteiger partial charge >= 0.3 is 0 Å². The second-order valence-corrected chi connectivity index (χ2v) is 6.63. The molecule has 0 radical (unpaired) electrons. The van der Waals surface area contributed by atoms with Gasteiger partial charge < -0.3 is 10.1 Å². The molecule has 2 rings (SSSR count). The van der Waals surface area contributed by atoms with E-state index < -0.39 is 0 Å². The van der Waals surface area contributed by atoms with Gasteiger partial charge in [0.05, 0.1) is 16.3 Å². The average molecular weight is 343 g/mol. The zero-order valence-corrected chi connectivity index (χ0v) is 13.7. The number of anilines is 1. The van der Waals surface area contributed by atoms with Crippen molar-refractivity contribution in [1.29, 1.82) is 0 Å². The van der Waals surface area contributed by atoms with Crippen LogP contribution in [-0.2, 0) is 4.74 Å². The minimum absolute atomic E-state index is 0.329. The van der Waals surface area contributed by atoms with Crippen molar-refractivity contribution in [1.82, 2.24) is 4.98 Å². The normalized spacial score (nSPS) is 11.4. The standard InChI is InChI=1S/C14H19BrN2OS/c1-10(2)18-8-4-3-7-16-14-17-12-9-11(15)5-6-13(12)19-14/h5-6,9-10H,3-4,7-8H2,1-2H3,(H,16,17). The summed E-state index contributed by atoms with van der Waals surface area (Å²) in [5, 5.41) is 4.38. The number of halogens is 1. The van der Waals surface area contributed by atoms with E-state index in [1.54, 1.807) is 11.3 Å². The van der Waals surface area contributed by atoms with Crippen molar-refractivity contribution in [3.05, 3.63) is 22.7 Å². The Hall–Kier alpha value is -0.650. The molecule has 1 N–H and O–H groups in total. The number of hydrogen-bond donors (Lipinski definition) is 1. The molecule has 1 aromatic carbocycles. The monoisotopic (exact) mass is 342 g/mol. The van der Waals surface area contributed by atoms with Gasteiger partial charge in [0.25, 0.3) is 0 Å². The quantitative estimate of drug-likeness (QED) is 0.742. The molecular weight excluding hydrogens is 324 g/mol. The summed E-state index contributed by atoms with van der Waals surface area (Å²) in [4.78, 5) is 4.57. The van der Waals surface area contributed by atoms with Gasteiger partial charge in [0.1, 0.15) is 0 Å². The van der Waals surface area contributed by atoms with Crippen molar-refractivity contribution in [2.75, 3.05) is 18.5 Å². The molecule has 0 aliphatic rings. The number of nitrogens with zero attached hydrogens (tertiary/aromatic N) is 1. The minimum Gasteiger partial charge on any atom is -0.379 e. The zero-order valence-electron chi connectivity index (χ0n) is 11.3. The first kappa shape index (κ1) is 14.8. The van der Waals surface area contributed by atoms with Gasteiger partial charge in [-0.1, -0.05) is 27.3 Å². The van der Waals surface area contributed by atoms with Gasteiger partial charge in [0.15, 0.2) is 5.13 Å². The van der Waals surface area contributed by atoms with E-state index in [0.29, 0.717) is 6.10 Å². The smallest absolute Gasteiger partial charge is 0.183 e. The number of thiazole rings is 1. The van der Waals surface area contributed by atoms with Crippen LogP contribution in [0.4, 0.5) is 5.13 Å². The maximum Gasteiger partial charge on any atom is 0.183 e. The number of aromatic nitrogens is 1. The van der Waals surface area contributed by atoms with E-state index in [4.69, 9.17) is 4.74 Å². The lowest BCUT2D eigenvalue weighted by Crippen LogP contribution is -2.06. The molecule has 0 amide bonds. The van der Waals surface area contributed by atoms with Gasteiger partial charge in [-0.15, -0.1) is 0 Å². The molecule has 0 aliphatic heterocycles. The first-order valence-corrected chi connectivity index (χ1v) is 8.17. The number of nitrogens with one attached hydrogen (secondary N) is 1. The molecule has 0 spiro atoms. The van der Waals surface area contributed by atoms with E-state index in [0.717, 1.165) is 41.1 Å². The molecule has 2 aromatic rings. The molecule has 104 valence electrons. The lowest BCUT2D eigenvalue weighted by atomic mass is 10.3. The zero-order chi connectivity index (χ0) is 13.7. The number of ether oxygens (including phenoxy) is 1. The predicted molar refractivity (Wildman–Crippen MR) is 86.1 cm³/mol. The van der Waals surface area contributed by atoms with Gasteiger partial charge in [0.2, 0.25) is 0 Å². The van der Waals surface area contributed by atoms with Gasteiger partial charge in [-0.2, -0.15) is 0 Å². The molecule has 19 heavy (non-hydrogen) atoms. The SMILES string of the molecule is CC(C)OCCCCNc1nc2cc(Br)ccc2s1. The highest BCUT2D eigenvalue weighted by Crippen LogP contribution is 2.28. The molecule has 0 saturated heterocycles. The second-order valence-electron chi connectivity index (χ2n) is 4.68. The molecule has 0 atom stereocenters. The summed E-state index contributed by atoms with van der Waals surface area (Å²) in [5.74, 6) is 0. The van der Waals surface area contributed by atoms with Crippen LogP contribution in [0, 0.1) is 0 Å². The molecule has 0 saturated carbocycles. The highest BCUT2D eigenvalue weighted by Gasteiger charge is 2.03. The van der Waals surface area contributed by atoms with Crippen molar-refractivity contribution in [3.63, 3.8) is 0 Å². The fourth-order valence-corrected chi connectivity index (χ4v) is 2.94. The average Bonchev–Trinajstić information content (AvgIpc) is 2.75. The Labute approximate surface area is 126 Å². The molecule has 0 fully saturated rings. The largest absolute Gasteiger partial charge is 0.379 e. The lowest BCUT2D eigenvalue weighted by Gasteiger charge is -2.07. The third-order valence-electron chi connectivity index (χ3n) is 2.65. The molecule has 5 heteroatoms. The van der Waals surface area contributed by atoms with E-state index >= 15 is 0 Å². The van der Waals surface area contributed by atoms with Gasteiger partial charge in [-0.25, -0.2) is 4.98 Å². The molecule has 3 nitrogen and oxygen atoms in total. The predicted octanol–water partition coefficient (Wildman–Crippen LogP) is 4.68. The van der Waals surface area contributed by atoms with Crippen molar-refractivity contribution in [2.24, 2.45) is 0 Å². The Morgan fingerprint density at radius 1 is 1.37 bits per heavy atom. The maximum absolute atomic E-state index is 5.51. The van der Waals surface area contributed by atoms with E-state index in [1.807, 2.05) is 12.1 Å². The van der Waals surface area contributed by atoms with Crippen LogP contribution in [0.2, 0.25) is 0 Å². The van der Waals surface area contributed by atoms with Crippen molar-refractivity contribution in [2.45, 2.75) is 32.8 Å². The van der Waals surface area contributed by atoms with E-state index in [2.05, 4.69) is 46.1 Å². The molecule has 1 aromatic heterocycles. The Balaban J connectivity index is 1.75. The minimum atomic E-state index is 0.329. The molecular formula is C14H19BrN2OS. The first-order chi connectivity index (χ1) is 9.15. The number of fused-ring (bicyclic) bond motifs is 1. The van der Waals surface area contributed by atoms with Crippen LogP contribution in [-0.4, -0.2) is 24.2 Å². The highest BCUT2D eigenvalue weighted by atomic mass is 79.9. The molecule has 0 unspecified atom stereocenters. The fourth-order valence-electron chi connectivity index (χ4n) is 1.72. The van der Waals surface area contributed by atoms with E-state index in [9.17, 15) is 0 Å². The number of hydrogen-bond acceptors (Lipinski definition) is 4. The molecule has 0 bridgehead atoms. The maximum atomic E-state index is 5.51. The first-order valence-electron chi connectivity index (χ1n) is 6.57. The van der Waals surface area contributed by atoms with Gasteiger partial charge in [-0.3, -0.25) is 0 Å². The Morgan fingerprint density at radius 3 is 3.00 bits per heavy atom. The van der Waals surface area contributed by atoms with Crippen LogP contribution >= 0.6 is 27.3 Å². The summed E-state index contributed by atoms with van der Waals surface area (Å²) >= 11 is 5.17. The lowest BCUT2D eigenvalue weighted by molar-refractivity contribution is 0.0765. The third kappa shape index (κ3) is 4.75. The summed E-state index contributed by atoms with van der Waals surface area (Å²) in [6.07, 6.45) is 2.52. The van der Waals surface area contributed by atoms with Crippen LogP contribution in [0.1, 0.15) is 26.7 Å². The van der Waals surface area contributed by atoms with Gasteiger partial charge in [-0.05, 0) is 44.9 Å². The fraction of sp³-hybridized carbons (Fsp3) is 0.500. The Morgan fingerprint density at radius 2 is 2.21 bits per heavy atom. The van der Waals surface area contributed by atoms with Crippen LogP contribution in [0.3, 0.4) is 0 Å². The summed E-state index contributed by atoms with van der Waals surface area (Å²) in [6, 6.07) is 6.19. The summed E-state index contributed by atoms with van der Waals surface area (Å²) in [6.45, 7) is 5.92. The third-order valence-corrected chi connectivity index (χ3v) is 4.14. The van der Waals surface area contributed by atoms with Crippen molar-refractivity contribution in [3.8, 4) is 0 Å². The van der Waals surface area contributed by atoms with Crippen LogP contribution in [0.25, 0.3) is 10.2 Å². The number of benzene rings is 1. The topological polar surface area (TPSA) is 34.1 Å².